The molecule has 2 aliphatic carbocycles. The summed E-state index contributed by atoms with van der Waals surface area (Å²) in [4.78, 5) is 13.4. The van der Waals surface area contributed by atoms with Gasteiger partial charge in [-0.15, -0.1) is 0 Å². The average molecular weight is 478 g/mol. The lowest BCUT2D eigenvalue weighted by molar-refractivity contribution is -0.246. The normalized spacial score (nSPS) is 36.5. The van der Waals surface area contributed by atoms with Gasteiger partial charge in [-0.2, -0.15) is 0 Å². The fourth-order valence-electron chi connectivity index (χ4n) is 6.05. The quantitative estimate of drug-likeness (QED) is 0.657. The van der Waals surface area contributed by atoms with Crippen LogP contribution in [0.3, 0.4) is 0 Å². The van der Waals surface area contributed by atoms with E-state index in [9.17, 15) is 4.79 Å². The van der Waals surface area contributed by atoms with Crippen molar-refractivity contribution in [1.29, 1.82) is 0 Å². The zero-order chi connectivity index (χ0) is 22.6. The highest BCUT2D eigenvalue weighted by atomic mass is 35.5. The number of carbonyl (C=O) groups is 1. The maximum absolute atomic E-state index is 13.4. The van der Waals surface area contributed by atoms with Crippen molar-refractivity contribution in [3.05, 3.63) is 28.8 Å². The van der Waals surface area contributed by atoms with Gasteiger partial charge in [0.05, 0.1) is 0 Å². The lowest BCUT2D eigenvalue weighted by Crippen LogP contribution is -2.58. The van der Waals surface area contributed by atoms with Crippen LogP contribution in [0.5, 0.6) is 0 Å². The molecule has 5 aliphatic rings. The first-order valence-electron chi connectivity index (χ1n) is 12.4. The molecule has 0 aromatic heterocycles. The van der Waals surface area contributed by atoms with E-state index in [2.05, 4.69) is 5.32 Å². The molecular formula is C25H32ClNO6. The number of hydrogen-bond donors (Lipinski definition) is 1. The minimum absolute atomic E-state index is 0.284. The summed E-state index contributed by atoms with van der Waals surface area (Å²) in [7, 11) is 0. The number of halogens is 1. The zero-order valence-corrected chi connectivity index (χ0v) is 19.8. The number of hydrogen-bond acceptors (Lipinski definition) is 6. The van der Waals surface area contributed by atoms with Crippen molar-refractivity contribution < 1.29 is 28.5 Å². The number of ether oxygens (including phenoxy) is 5. The van der Waals surface area contributed by atoms with Crippen molar-refractivity contribution in [1.82, 2.24) is 0 Å². The molecule has 0 bridgehead atoms. The number of benzene rings is 1. The summed E-state index contributed by atoms with van der Waals surface area (Å²) in [6, 6.07) is 5.47. The van der Waals surface area contributed by atoms with Crippen LogP contribution in [0.4, 0.5) is 5.69 Å². The third-order valence-corrected chi connectivity index (χ3v) is 8.21. The second-order valence-electron chi connectivity index (χ2n) is 10.2. The van der Waals surface area contributed by atoms with Gasteiger partial charge < -0.3 is 29.0 Å². The van der Waals surface area contributed by atoms with Crippen molar-refractivity contribution in [3.8, 4) is 0 Å². The van der Waals surface area contributed by atoms with Crippen LogP contribution in [0.1, 0.15) is 69.8 Å². The van der Waals surface area contributed by atoms with Crippen molar-refractivity contribution >= 4 is 23.2 Å². The van der Waals surface area contributed by atoms with Crippen LogP contribution in [0.25, 0.3) is 0 Å². The first-order chi connectivity index (χ1) is 16.0. The lowest BCUT2D eigenvalue weighted by atomic mass is 9.94. The van der Waals surface area contributed by atoms with Gasteiger partial charge in [-0.05, 0) is 50.3 Å². The fourth-order valence-corrected chi connectivity index (χ4v) is 6.23. The summed E-state index contributed by atoms with van der Waals surface area (Å²) in [6.07, 6.45) is 7.05. The molecule has 5 atom stereocenters. The van der Waals surface area contributed by atoms with E-state index in [1.165, 1.54) is 12.8 Å². The lowest BCUT2D eigenvalue weighted by Gasteiger charge is -2.36. The summed E-state index contributed by atoms with van der Waals surface area (Å²) in [6.45, 7) is 1.93. The Kier molecular flexibility index (Phi) is 5.71. The number of amides is 1. The molecule has 2 spiro atoms. The zero-order valence-electron chi connectivity index (χ0n) is 19.0. The molecule has 1 N–H and O–H groups in total. The molecular weight excluding hydrogens is 446 g/mol. The minimum atomic E-state index is -0.861. The van der Waals surface area contributed by atoms with Crippen molar-refractivity contribution in [2.24, 2.45) is 0 Å². The number of fused-ring (bicyclic) bond motifs is 3. The number of rotatable bonds is 2. The van der Waals surface area contributed by atoms with Gasteiger partial charge in [0.2, 0.25) is 0 Å². The van der Waals surface area contributed by atoms with Crippen LogP contribution in [0.15, 0.2) is 18.2 Å². The predicted molar refractivity (Wildman–Crippen MR) is 121 cm³/mol. The molecule has 2 saturated carbocycles. The molecule has 5 unspecified atom stereocenters. The SMILES string of the molecule is Cc1ccc(NC(=O)C2OC3OC4(CCCCC4)OC3C3OC4(CCCCC4)OC23)cc1Cl. The summed E-state index contributed by atoms with van der Waals surface area (Å²) in [5.74, 6) is -1.59. The Hall–Kier alpha value is -1.22. The van der Waals surface area contributed by atoms with Gasteiger partial charge in [-0.25, -0.2) is 0 Å². The van der Waals surface area contributed by atoms with Crippen LogP contribution < -0.4 is 5.32 Å². The molecule has 3 aliphatic heterocycles. The Morgan fingerprint density at radius 2 is 1.48 bits per heavy atom. The van der Waals surface area contributed by atoms with E-state index >= 15 is 0 Å². The second-order valence-corrected chi connectivity index (χ2v) is 10.6. The van der Waals surface area contributed by atoms with E-state index in [1.54, 1.807) is 6.07 Å². The highest BCUT2D eigenvalue weighted by Crippen LogP contribution is 2.51. The summed E-state index contributed by atoms with van der Waals surface area (Å²) in [5.41, 5.74) is 1.57. The Labute approximate surface area is 199 Å². The fraction of sp³-hybridized carbons (Fsp3) is 0.720. The van der Waals surface area contributed by atoms with Crippen LogP contribution in [-0.4, -0.2) is 48.2 Å². The minimum Gasteiger partial charge on any atom is -0.341 e. The maximum atomic E-state index is 13.4. The Balaban J connectivity index is 1.27. The maximum Gasteiger partial charge on any atom is 0.256 e. The molecule has 3 saturated heterocycles. The van der Waals surface area contributed by atoms with E-state index in [4.69, 9.17) is 35.3 Å². The van der Waals surface area contributed by atoms with E-state index in [0.29, 0.717) is 10.7 Å². The first-order valence-corrected chi connectivity index (χ1v) is 12.8. The van der Waals surface area contributed by atoms with Crippen LogP contribution in [0, 0.1) is 6.92 Å². The highest BCUT2D eigenvalue weighted by molar-refractivity contribution is 6.31. The first kappa shape index (κ1) is 22.3. The van der Waals surface area contributed by atoms with Gasteiger partial charge in [0.25, 0.3) is 5.91 Å². The topological polar surface area (TPSA) is 75.3 Å². The summed E-state index contributed by atoms with van der Waals surface area (Å²) in [5, 5.41) is 3.55. The molecule has 33 heavy (non-hydrogen) atoms. The molecule has 180 valence electrons. The van der Waals surface area contributed by atoms with E-state index < -0.39 is 42.3 Å². The Bertz CT molecular complexity index is 912. The van der Waals surface area contributed by atoms with Crippen LogP contribution >= 0.6 is 11.6 Å². The van der Waals surface area contributed by atoms with E-state index in [-0.39, 0.29) is 5.91 Å². The van der Waals surface area contributed by atoms with Gasteiger partial charge in [0.15, 0.2) is 24.0 Å². The van der Waals surface area contributed by atoms with Crippen molar-refractivity contribution in [2.75, 3.05) is 5.32 Å². The van der Waals surface area contributed by atoms with Gasteiger partial charge in [-0.3, -0.25) is 4.79 Å². The number of anilines is 1. The van der Waals surface area contributed by atoms with E-state index in [1.807, 2.05) is 19.1 Å². The molecule has 6 rings (SSSR count). The highest BCUT2D eigenvalue weighted by Gasteiger charge is 2.65. The molecule has 7 nitrogen and oxygen atoms in total. The predicted octanol–water partition coefficient (Wildman–Crippen LogP) is 4.83. The second kappa shape index (κ2) is 8.47. The van der Waals surface area contributed by atoms with Crippen molar-refractivity contribution in [2.45, 2.75) is 113 Å². The molecule has 1 amide bonds. The van der Waals surface area contributed by atoms with Crippen LogP contribution in [0.2, 0.25) is 5.02 Å². The number of aryl methyl sites for hydroxylation is 1. The van der Waals surface area contributed by atoms with Gasteiger partial charge in [-0.1, -0.05) is 30.5 Å². The molecule has 1 aromatic carbocycles. The standard InChI is InChI=1S/C25H32ClNO6/c1-15-8-9-16(14-17(15)26)27-22(28)20-18-19(31-24(30-18)10-4-2-5-11-24)21-23(29-20)33-25(32-21)12-6-3-7-13-25/h8-9,14,18-21,23H,2-7,10-13H2,1H3,(H,27,28). The van der Waals surface area contributed by atoms with Gasteiger partial charge in [0, 0.05) is 36.4 Å². The van der Waals surface area contributed by atoms with Crippen LogP contribution in [-0.2, 0) is 28.5 Å². The van der Waals surface area contributed by atoms with Crippen molar-refractivity contribution in [3.63, 3.8) is 0 Å². The third-order valence-electron chi connectivity index (χ3n) is 7.81. The van der Waals surface area contributed by atoms with Gasteiger partial charge >= 0.3 is 0 Å². The molecule has 1 aromatic rings. The molecule has 8 heteroatoms. The molecule has 0 radical (unpaired) electrons. The summed E-state index contributed by atoms with van der Waals surface area (Å²) < 4.78 is 32.3. The average Bonchev–Trinajstić information content (AvgIpc) is 3.34. The Morgan fingerprint density at radius 3 is 2.15 bits per heavy atom. The van der Waals surface area contributed by atoms with Gasteiger partial charge in [0.1, 0.15) is 18.3 Å². The van der Waals surface area contributed by atoms with E-state index in [0.717, 1.165) is 56.9 Å². The summed E-state index contributed by atoms with van der Waals surface area (Å²) >= 11 is 6.26. The molecule has 3 heterocycles. The smallest absolute Gasteiger partial charge is 0.256 e. The number of carbonyl (C=O) groups excluding carboxylic acids is 1. The Morgan fingerprint density at radius 1 is 0.879 bits per heavy atom. The number of nitrogens with one attached hydrogen (secondary N) is 1. The molecule has 5 fully saturated rings. The largest absolute Gasteiger partial charge is 0.341 e. The third kappa shape index (κ3) is 4.01. The monoisotopic (exact) mass is 477 g/mol.